The molecule has 1 spiro atoms. The van der Waals surface area contributed by atoms with Gasteiger partial charge in [-0.25, -0.2) is 0 Å². The van der Waals surface area contributed by atoms with Gasteiger partial charge in [-0.1, -0.05) is 23.7 Å². The maximum absolute atomic E-state index is 13.7. The number of nitrogens with one attached hydrogen (secondary N) is 2. The van der Waals surface area contributed by atoms with E-state index < -0.39 is 47.2 Å². The van der Waals surface area contributed by atoms with Crippen LogP contribution in [0.3, 0.4) is 0 Å². The second-order valence-corrected chi connectivity index (χ2v) is 9.37. The van der Waals surface area contributed by atoms with E-state index in [4.69, 9.17) is 16.3 Å². The molecule has 3 aliphatic heterocycles. The van der Waals surface area contributed by atoms with Gasteiger partial charge in [-0.15, -0.1) is 0 Å². The minimum absolute atomic E-state index is 0.0698. The van der Waals surface area contributed by atoms with Crippen molar-refractivity contribution in [2.75, 3.05) is 12.4 Å². The lowest BCUT2D eigenvalue weighted by Crippen LogP contribution is -2.54. The van der Waals surface area contributed by atoms with Crippen LogP contribution in [-0.2, 0) is 26.5 Å². The number of carbonyl (C=O) groups excluding carboxylic acids is 3. The van der Waals surface area contributed by atoms with Crippen molar-refractivity contribution in [2.45, 2.75) is 38.1 Å². The summed E-state index contributed by atoms with van der Waals surface area (Å²) in [5, 5.41) is 17.0. The van der Waals surface area contributed by atoms with Crippen molar-refractivity contribution in [3.63, 3.8) is 0 Å². The first-order chi connectivity index (χ1) is 15.7. The van der Waals surface area contributed by atoms with Crippen LogP contribution in [0.15, 0.2) is 36.4 Å². The molecule has 9 heteroatoms. The molecule has 0 aliphatic carbocycles. The number of hydrogen-bond acceptors (Lipinski definition) is 6. The van der Waals surface area contributed by atoms with Gasteiger partial charge in [-0.3, -0.25) is 24.6 Å². The molecule has 5 rings (SSSR count). The number of aliphatic hydroxyl groups is 1. The number of carbonyl (C=O) groups is 3. The summed E-state index contributed by atoms with van der Waals surface area (Å²) in [5.41, 5.74) is 1.13. The Hall–Kier alpha value is -2.94. The molecule has 33 heavy (non-hydrogen) atoms. The first-order valence-electron chi connectivity index (χ1n) is 10.7. The molecule has 3 aliphatic rings. The third kappa shape index (κ3) is 3.01. The van der Waals surface area contributed by atoms with Crippen molar-refractivity contribution in [2.24, 2.45) is 11.8 Å². The highest BCUT2D eigenvalue weighted by Crippen LogP contribution is 2.54. The van der Waals surface area contributed by atoms with E-state index >= 15 is 0 Å². The maximum Gasteiger partial charge on any atom is 0.250 e. The zero-order valence-corrected chi connectivity index (χ0v) is 19.1. The smallest absolute Gasteiger partial charge is 0.250 e. The average Bonchev–Trinajstić information content (AvgIpc) is 3.36. The maximum atomic E-state index is 13.7. The Morgan fingerprint density at radius 3 is 2.52 bits per heavy atom. The van der Waals surface area contributed by atoms with E-state index in [-0.39, 0.29) is 6.54 Å². The number of aryl methyl sites for hydroxylation is 1. The molecule has 3 N–H and O–H groups in total. The van der Waals surface area contributed by atoms with Crippen LogP contribution in [0.25, 0.3) is 0 Å². The number of halogens is 1. The largest absolute Gasteiger partial charge is 0.497 e. The lowest BCUT2D eigenvalue weighted by atomic mass is 9.76. The van der Waals surface area contributed by atoms with Crippen LogP contribution >= 0.6 is 11.6 Å². The molecular formula is C24H24ClN3O5. The predicted molar refractivity (Wildman–Crippen MR) is 121 cm³/mol. The molecule has 0 aromatic heterocycles. The Kier molecular flexibility index (Phi) is 5.00. The molecule has 5 atom stereocenters. The fraction of sp³-hybridized carbons (Fsp3) is 0.375. The van der Waals surface area contributed by atoms with E-state index in [1.807, 2.05) is 6.92 Å². The molecule has 172 valence electrons. The minimum atomic E-state index is -1.49. The number of methoxy groups -OCH3 is 1. The summed E-state index contributed by atoms with van der Waals surface area (Å²) >= 11 is 6.32. The quantitative estimate of drug-likeness (QED) is 0.591. The van der Waals surface area contributed by atoms with Gasteiger partial charge in [-0.2, -0.15) is 0 Å². The highest BCUT2D eigenvalue weighted by atomic mass is 35.5. The predicted octanol–water partition coefficient (Wildman–Crippen LogP) is 1.96. The molecule has 2 aromatic carbocycles. The normalized spacial score (nSPS) is 28.8. The molecule has 8 nitrogen and oxygen atoms in total. The zero-order valence-electron chi connectivity index (χ0n) is 18.4. The summed E-state index contributed by atoms with van der Waals surface area (Å²) in [6.07, 6.45) is -0.966. The van der Waals surface area contributed by atoms with Crippen molar-refractivity contribution in [3.05, 3.63) is 58.1 Å². The van der Waals surface area contributed by atoms with Crippen molar-refractivity contribution in [1.29, 1.82) is 0 Å². The molecule has 3 amide bonds. The molecular weight excluding hydrogens is 446 g/mol. The lowest BCUT2D eigenvalue weighted by Gasteiger charge is -2.30. The Balaban J connectivity index is 1.60. The van der Waals surface area contributed by atoms with Crippen LogP contribution in [0.5, 0.6) is 5.75 Å². The van der Waals surface area contributed by atoms with E-state index in [0.29, 0.717) is 22.0 Å². The van der Waals surface area contributed by atoms with E-state index in [2.05, 4.69) is 10.6 Å². The Morgan fingerprint density at radius 2 is 1.88 bits per heavy atom. The summed E-state index contributed by atoms with van der Waals surface area (Å²) < 4.78 is 5.17. The molecule has 2 saturated heterocycles. The van der Waals surface area contributed by atoms with E-state index in [9.17, 15) is 19.5 Å². The number of aliphatic hydroxyl groups excluding tert-OH is 1. The number of hydrogen-bond donors (Lipinski definition) is 3. The zero-order chi connectivity index (χ0) is 23.7. The van der Waals surface area contributed by atoms with Crippen molar-refractivity contribution < 1.29 is 24.2 Å². The number of amides is 3. The molecule has 3 unspecified atom stereocenters. The second kappa shape index (κ2) is 7.55. The third-order valence-electron chi connectivity index (χ3n) is 7.03. The topological polar surface area (TPSA) is 108 Å². The second-order valence-electron chi connectivity index (χ2n) is 8.93. The minimum Gasteiger partial charge on any atom is -0.497 e. The number of benzene rings is 2. The van der Waals surface area contributed by atoms with Crippen molar-refractivity contribution in [3.8, 4) is 5.75 Å². The third-order valence-corrected chi connectivity index (χ3v) is 7.25. The highest BCUT2D eigenvalue weighted by molar-refractivity contribution is 6.31. The van der Waals surface area contributed by atoms with E-state index in [0.717, 1.165) is 11.1 Å². The van der Waals surface area contributed by atoms with Crippen LogP contribution in [0, 0.1) is 18.8 Å². The summed E-state index contributed by atoms with van der Waals surface area (Å²) in [5.74, 6) is -2.49. The van der Waals surface area contributed by atoms with Gasteiger partial charge in [0.15, 0.2) is 0 Å². The van der Waals surface area contributed by atoms with Crippen molar-refractivity contribution >= 4 is 35.0 Å². The molecule has 0 saturated carbocycles. The van der Waals surface area contributed by atoms with Crippen LogP contribution in [0.1, 0.15) is 23.6 Å². The lowest BCUT2D eigenvalue weighted by molar-refractivity contribution is -0.143. The number of fused-ring (bicyclic) bond motifs is 4. The average molecular weight is 470 g/mol. The van der Waals surface area contributed by atoms with Gasteiger partial charge in [-0.05, 0) is 49.2 Å². The van der Waals surface area contributed by atoms with E-state index in [1.165, 1.54) is 4.90 Å². The molecule has 0 bridgehead atoms. The SMILES string of the molecule is COc1ccc(CN2C(=O)[C@@H]3C(C(C)O)NC4(C(=O)Nc5c(C)cc(Cl)cc54)[C@@H]3C2=O)cc1. The van der Waals surface area contributed by atoms with Gasteiger partial charge in [0, 0.05) is 22.3 Å². The summed E-state index contributed by atoms with van der Waals surface area (Å²) in [6, 6.07) is 9.70. The summed E-state index contributed by atoms with van der Waals surface area (Å²) in [6.45, 7) is 3.44. The Bertz CT molecular complexity index is 1180. The fourth-order valence-electron chi connectivity index (χ4n) is 5.51. The first-order valence-corrected chi connectivity index (χ1v) is 11.1. The van der Waals surface area contributed by atoms with Gasteiger partial charge >= 0.3 is 0 Å². The summed E-state index contributed by atoms with van der Waals surface area (Å²) in [4.78, 5) is 41.8. The van der Waals surface area contributed by atoms with Gasteiger partial charge in [0.25, 0.3) is 0 Å². The fourth-order valence-corrected chi connectivity index (χ4v) is 5.78. The van der Waals surface area contributed by atoms with Crippen LogP contribution in [0.2, 0.25) is 5.02 Å². The van der Waals surface area contributed by atoms with E-state index in [1.54, 1.807) is 50.4 Å². The molecule has 2 aromatic rings. The van der Waals surface area contributed by atoms with Gasteiger partial charge in [0.2, 0.25) is 17.7 Å². The van der Waals surface area contributed by atoms with Crippen molar-refractivity contribution in [1.82, 2.24) is 10.2 Å². The number of rotatable bonds is 4. The van der Waals surface area contributed by atoms with Gasteiger partial charge in [0.1, 0.15) is 11.3 Å². The van der Waals surface area contributed by atoms with Crippen LogP contribution in [0.4, 0.5) is 5.69 Å². The Morgan fingerprint density at radius 1 is 1.18 bits per heavy atom. The van der Waals surface area contributed by atoms with Crippen LogP contribution in [-0.4, -0.2) is 47.0 Å². The monoisotopic (exact) mass is 469 g/mol. The summed E-state index contributed by atoms with van der Waals surface area (Å²) in [7, 11) is 1.56. The number of imide groups is 1. The number of likely N-dealkylation sites (tertiary alicyclic amines) is 1. The Labute approximate surface area is 195 Å². The molecule has 3 heterocycles. The standard InChI is InChI=1S/C24H24ClN3O5/c1-11-8-14(25)9-16-19(11)26-23(32)24(16)18-17(20(27-24)12(2)29)21(30)28(22(18)31)10-13-4-6-15(33-3)7-5-13/h4-9,12,17-18,20,27,29H,10H2,1-3H3,(H,26,32)/t12?,17-,18-,20?,24?/m0/s1. The van der Waals surface area contributed by atoms with Gasteiger partial charge < -0.3 is 15.2 Å². The first kappa shape index (κ1) is 21.9. The number of anilines is 1. The highest BCUT2D eigenvalue weighted by Gasteiger charge is 2.71. The molecule has 2 fully saturated rings. The van der Waals surface area contributed by atoms with Gasteiger partial charge in [0.05, 0.1) is 31.6 Å². The number of ether oxygens (including phenoxy) is 1. The molecule has 0 radical (unpaired) electrons. The number of nitrogens with zero attached hydrogens (tertiary/aromatic N) is 1. The van der Waals surface area contributed by atoms with Crippen LogP contribution < -0.4 is 15.4 Å².